The molecule has 1 amide bonds. The van der Waals surface area contributed by atoms with Gasteiger partial charge in [-0.1, -0.05) is 6.07 Å². The number of rotatable bonds is 13. The van der Waals surface area contributed by atoms with Gasteiger partial charge in [-0.15, -0.1) is 0 Å². The number of carbonyl (C=O) groups is 4. The van der Waals surface area contributed by atoms with Gasteiger partial charge in [0.1, 0.15) is 71.8 Å². The number of hydrogen-bond acceptors (Lipinski definition) is 19. The Bertz CT molecular complexity index is 2480. The molecule has 0 saturated carbocycles. The predicted molar refractivity (Wildman–Crippen MR) is 225 cm³/mol. The van der Waals surface area contributed by atoms with Gasteiger partial charge in [0.15, 0.2) is 30.1 Å². The highest BCUT2D eigenvalue weighted by atomic mass is 16.7. The van der Waals surface area contributed by atoms with E-state index in [1.165, 1.54) is 33.2 Å². The summed E-state index contributed by atoms with van der Waals surface area (Å²) < 4.78 is 29.1. The molecule has 0 aromatic heterocycles. The van der Waals surface area contributed by atoms with Crippen LogP contribution in [0.5, 0.6) is 23.0 Å². The molecule has 7 rings (SSSR count). The fourth-order valence-electron chi connectivity index (χ4n) is 8.96. The Hall–Kier alpha value is -5.99. The molecule has 2 aliphatic heterocycles. The van der Waals surface area contributed by atoms with Crippen molar-refractivity contribution in [2.24, 2.45) is 16.5 Å². The molecule has 66 heavy (non-hydrogen) atoms. The first-order valence-corrected chi connectivity index (χ1v) is 20.7. The van der Waals surface area contributed by atoms with Crippen molar-refractivity contribution in [3.63, 3.8) is 0 Å². The molecule has 4 aliphatic rings. The molecule has 2 heterocycles. The lowest BCUT2D eigenvalue weighted by Gasteiger charge is -2.47. The van der Waals surface area contributed by atoms with Crippen molar-refractivity contribution < 1.29 is 88.8 Å². The topological polar surface area (TPSA) is 385 Å². The number of nitrogens with two attached hydrogens (primary N) is 2. The van der Waals surface area contributed by atoms with E-state index >= 15 is 0 Å². The largest absolute Gasteiger partial charge is 0.507 e. The number of phenols is 3. The van der Waals surface area contributed by atoms with Crippen LogP contribution in [-0.4, -0.2) is 164 Å². The smallest absolute Gasteiger partial charge is 0.326 e. The van der Waals surface area contributed by atoms with Crippen LogP contribution in [0.1, 0.15) is 90.9 Å². The number of phenolic OH excluding ortho intramolecular Hbond substituents is 3. The van der Waals surface area contributed by atoms with E-state index in [9.17, 15) is 65.1 Å². The molecule has 3 aromatic rings. The highest BCUT2D eigenvalue weighted by molar-refractivity contribution is 6.31. The Balaban J connectivity index is 1.35. The average molecular weight is 926 g/mol. The second kappa shape index (κ2) is 18.7. The number of benzene rings is 3. The quantitative estimate of drug-likeness (QED) is 0.0409. The summed E-state index contributed by atoms with van der Waals surface area (Å²) in [5.41, 5.74) is 7.12. The van der Waals surface area contributed by atoms with Crippen molar-refractivity contribution in [1.82, 2.24) is 10.6 Å². The van der Waals surface area contributed by atoms with Crippen LogP contribution >= 0.6 is 0 Å². The Morgan fingerprint density at radius 1 is 0.879 bits per heavy atom. The number of fused-ring (bicyclic) bond motifs is 5. The number of carboxylic acid groups (broad SMARTS) is 1. The Morgan fingerprint density at radius 2 is 1.55 bits per heavy atom. The first kappa shape index (κ1) is 48.0. The lowest BCUT2D eigenvalue weighted by Crippen LogP contribution is -2.65. The van der Waals surface area contributed by atoms with E-state index in [0.29, 0.717) is 0 Å². The zero-order valence-electron chi connectivity index (χ0n) is 35.9. The summed E-state index contributed by atoms with van der Waals surface area (Å²) in [6, 6.07) is 2.29. The van der Waals surface area contributed by atoms with Crippen molar-refractivity contribution in [1.29, 1.82) is 0 Å². The van der Waals surface area contributed by atoms with Gasteiger partial charge in [-0.2, -0.15) is 0 Å². The van der Waals surface area contributed by atoms with E-state index in [1.807, 2.05) is 0 Å². The number of aryl methyl sites for hydroxylation is 1. The van der Waals surface area contributed by atoms with Crippen LogP contribution in [0.25, 0.3) is 11.1 Å². The van der Waals surface area contributed by atoms with Gasteiger partial charge in [-0.05, 0) is 62.6 Å². The maximum Gasteiger partial charge on any atom is 0.326 e. The number of carboxylic acids is 1. The van der Waals surface area contributed by atoms with Crippen molar-refractivity contribution in [2.75, 3.05) is 27.3 Å². The third kappa shape index (κ3) is 8.38. The number of ketones is 2. The number of guanidine groups is 1. The van der Waals surface area contributed by atoms with Crippen LogP contribution in [0.4, 0.5) is 0 Å². The Labute approximate surface area is 375 Å². The van der Waals surface area contributed by atoms with Gasteiger partial charge in [0.05, 0.1) is 42.6 Å². The van der Waals surface area contributed by atoms with Crippen LogP contribution in [0.3, 0.4) is 0 Å². The minimum absolute atomic E-state index is 0.00249. The minimum atomic E-state index is -1.93. The summed E-state index contributed by atoms with van der Waals surface area (Å²) in [6.45, 7) is 2.58. The van der Waals surface area contributed by atoms with E-state index in [-0.39, 0.29) is 53.3 Å². The van der Waals surface area contributed by atoms with Crippen molar-refractivity contribution in [3.05, 3.63) is 68.8 Å². The molecule has 23 heteroatoms. The number of aliphatic hydroxyl groups excluding tert-OH is 5. The summed E-state index contributed by atoms with van der Waals surface area (Å²) in [4.78, 5) is 58.5. The monoisotopic (exact) mass is 925 g/mol. The molecule has 356 valence electrons. The Kier molecular flexibility index (Phi) is 13.6. The molecule has 0 bridgehead atoms. The first-order valence-electron chi connectivity index (χ1n) is 20.7. The molecule has 2 aliphatic carbocycles. The third-order valence-electron chi connectivity index (χ3n) is 12.3. The van der Waals surface area contributed by atoms with Crippen LogP contribution in [0.2, 0.25) is 0 Å². The lowest BCUT2D eigenvalue weighted by atomic mass is 9.74. The highest BCUT2D eigenvalue weighted by Gasteiger charge is 2.51. The van der Waals surface area contributed by atoms with Crippen LogP contribution in [-0.2, 0) is 23.7 Å². The molecule has 2 fully saturated rings. The summed E-state index contributed by atoms with van der Waals surface area (Å²) in [7, 11) is 2.79. The second-order valence-corrected chi connectivity index (χ2v) is 16.4. The number of aliphatic carboxylic acids is 1. The molecule has 23 nitrogen and oxygen atoms in total. The maximum atomic E-state index is 14.2. The van der Waals surface area contributed by atoms with Crippen LogP contribution in [0, 0.1) is 6.92 Å². The number of nitrogens with zero attached hydrogens (tertiary/aromatic N) is 1. The van der Waals surface area contributed by atoms with Gasteiger partial charge in [0.25, 0.3) is 5.91 Å². The second-order valence-electron chi connectivity index (χ2n) is 16.4. The first-order chi connectivity index (χ1) is 31.2. The molecule has 0 unspecified atom stereocenters. The predicted octanol–water partition coefficient (Wildman–Crippen LogP) is -1.58. The van der Waals surface area contributed by atoms with Crippen LogP contribution in [0.15, 0.2) is 29.3 Å². The van der Waals surface area contributed by atoms with E-state index in [2.05, 4.69) is 15.6 Å². The standard InChI is InChI=1S/C43H51N5O18/c1-13-8-19-26(33(55)23(13)39(59)48-20(40(60)61)6-5-7-47-43(44)45)25-17(11-18-27(34(25)56)30(52)16-9-15(62-4)10-21(49)24(16)29(18)51)31(53)37(19)65-42-36(58)38(28(46-3)14(2)64-42)66-41-35(57)32(54)22(50)12-63-41/h8-11,14,20,22,28,31-32,35-38,41-42,46,49-50,53-58H,5-7,12H2,1-4H3,(H,48,59)(H,60,61)(H4,44,45,47)/t14-,20-,22-,28+,31+,32+,35-,36-,37+,38+,41+,42+/m1/s1. The lowest BCUT2D eigenvalue weighted by molar-refractivity contribution is -0.339. The van der Waals surface area contributed by atoms with Gasteiger partial charge in [-0.3, -0.25) is 19.4 Å². The van der Waals surface area contributed by atoms with Gasteiger partial charge in [0, 0.05) is 34.9 Å². The third-order valence-corrected chi connectivity index (χ3v) is 12.3. The van der Waals surface area contributed by atoms with Crippen LogP contribution < -0.4 is 26.8 Å². The number of aliphatic hydroxyl groups is 5. The van der Waals surface area contributed by atoms with E-state index in [0.717, 1.165) is 12.1 Å². The number of aliphatic imine (C=N–C) groups is 1. The molecule has 2 saturated heterocycles. The molecular formula is C43H51N5O18. The number of hydrogen-bond donors (Lipinski definition) is 13. The minimum Gasteiger partial charge on any atom is -0.507 e. The van der Waals surface area contributed by atoms with E-state index in [1.54, 1.807) is 6.92 Å². The normalized spacial score (nSPS) is 28.3. The summed E-state index contributed by atoms with van der Waals surface area (Å²) >= 11 is 0. The van der Waals surface area contributed by atoms with E-state index in [4.69, 9.17) is 35.2 Å². The number of ether oxygens (including phenoxy) is 5. The SMILES string of the molecule is CN[C@@H]1[C@H](O[C@@H]2OC[C@@H](O)[C@H](O)[C@H]2O)[C@@H](O)[C@H](O[C@H]2c3cc(C)c(C(=O)N[C@H](CCCN=C(N)N)C(=O)O)c(O)c3-c3c(cc4c(c3O)C(=O)c3cc(OC)cc(O)c3C4=O)[C@@H]2O)O[C@@H]1C. The molecule has 0 spiro atoms. The number of carbonyl (C=O) groups excluding carboxylic acids is 3. The maximum absolute atomic E-state index is 14.2. The van der Waals surface area contributed by atoms with Gasteiger partial charge >= 0.3 is 5.97 Å². The molecule has 0 radical (unpaired) electrons. The van der Waals surface area contributed by atoms with Crippen molar-refractivity contribution >= 4 is 29.4 Å². The van der Waals surface area contributed by atoms with Gasteiger partial charge < -0.3 is 91.7 Å². The zero-order valence-corrected chi connectivity index (χ0v) is 35.9. The average Bonchev–Trinajstić information content (AvgIpc) is 3.26. The van der Waals surface area contributed by atoms with E-state index < -0.39 is 154 Å². The van der Waals surface area contributed by atoms with Crippen molar-refractivity contribution in [3.8, 4) is 34.1 Å². The molecule has 15 N–H and O–H groups in total. The fraction of sp³-hybridized carbons (Fsp3) is 0.465. The number of aromatic hydroxyl groups is 3. The summed E-state index contributed by atoms with van der Waals surface area (Å²) in [5, 5.41) is 106. The zero-order chi connectivity index (χ0) is 48.2. The van der Waals surface area contributed by atoms with Gasteiger partial charge in [0.2, 0.25) is 0 Å². The Morgan fingerprint density at radius 3 is 2.20 bits per heavy atom. The number of methoxy groups -OCH3 is 1. The summed E-state index contributed by atoms with van der Waals surface area (Å²) in [6.07, 6.45) is -15.8. The fourth-order valence-corrected chi connectivity index (χ4v) is 8.96. The van der Waals surface area contributed by atoms with Crippen molar-refractivity contribution in [2.45, 2.75) is 100 Å². The highest BCUT2D eigenvalue weighted by Crippen LogP contribution is 2.57. The van der Waals surface area contributed by atoms with Gasteiger partial charge in [-0.25, -0.2) is 4.79 Å². The summed E-state index contributed by atoms with van der Waals surface area (Å²) in [5.74, 6) is -7.06. The number of nitrogens with one attached hydrogen (secondary N) is 2. The molecule has 12 atom stereocenters. The number of likely N-dealkylation sites (N-methyl/N-ethyl adjacent to an activating group) is 1. The molecular weight excluding hydrogens is 874 g/mol. The molecule has 3 aromatic carbocycles. The number of amides is 1.